The van der Waals surface area contributed by atoms with E-state index in [0.717, 1.165) is 12.8 Å². The van der Waals surface area contributed by atoms with E-state index in [9.17, 15) is 4.79 Å². The van der Waals surface area contributed by atoms with Crippen molar-refractivity contribution in [1.82, 2.24) is 0 Å². The highest BCUT2D eigenvalue weighted by molar-refractivity contribution is 5.63. The minimum atomic E-state index is -0.721. The fourth-order valence-corrected chi connectivity index (χ4v) is 1.83. The van der Waals surface area contributed by atoms with Crippen LogP contribution in [0.2, 0.25) is 0 Å². The molecule has 2 fully saturated rings. The molecule has 0 spiro atoms. The smallest absolute Gasteiger partial charge is 0.424 e. The summed E-state index contributed by atoms with van der Waals surface area (Å²) in [6, 6.07) is 0. The molecule has 0 bridgehead atoms. The standard InChI is InChI=1S/C10H16O6/c1-2-3-4-13-9-8-7(6(5-11)14-9)15-10(12)16-8/h6-9,11H,2-5H2,1H3/t6?,7-,8-,9-/m1/s1. The molecule has 2 rings (SSSR count). The Bertz CT molecular complexity index is 256. The summed E-state index contributed by atoms with van der Waals surface area (Å²) in [5.41, 5.74) is 0. The molecule has 2 aliphatic rings. The lowest BCUT2D eigenvalue weighted by Gasteiger charge is -2.15. The Kier molecular flexibility index (Phi) is 3.63. The van der Waals surface area contributed by atoms with Crippen molar-refractivity contribution in [2.45, 2.75) is 44.4 Å². The van der Waals surface area contributed by atoms with Crippen molar-refractivity contribution in [2.75, 3.05) is 13.2 Å². The summed E-state index contributed by atoms with van der Waals surface area (Å²) in [6.45, 7) is 2.38. The first-order valence-corrected chi connectivity index (χ1v) is 5.51. The SMILES string of the molecule is CCCCO[C@@H]1OC(CO)[C@H]2OC(=O)O[C@@H]12. The lowest BCUT2D eigenvalue weighted by atomic mass is 10.1. The second-order valence-corrected chi connectivity index (χ2v) is 3.86. The summed E-state index contributed by atoms with van der Waals surface area (Å²) >= 11 is 0. The van der Waals surface area contributed by atoms with Gasteiger partial charge in [0.05, 0.1) is 6.61 Å². The first kappa shape index (κ1) is 11.6. The highest BCUT2D eigenvalue weighted by Gasteiger charge is 2.54. The van der Waals surface area contributed by atoms with Gasteiger partial charge in [-0.2, -0.15) is 0 Å². The molecule has 2 aliphatic heterocycles. The van der Waals surface area contributed by atoms with Crippen LogP contribution in [0.5, 0.6) is 0 Å². The van der Waals surface area contributed by atoms with E-state index < -0.39 is 30.8 Å². The zero-order valence-electron chi connectivity index (χ0n) is 9.13. The Morgan fingerprint density at radius 2 is 2.12 bits per heavy atom. The average Bonchev–Trinajstić information content (AvgIpc) is 2.77. The molecule has 0 amide bonds. The van der Waals surface area contributed by atoms with Gasteiger partial charge in [0.15, 0.2) is 18.5 Å². The summed E-state index contributed by atoms with van der Waals surface area (Å²) in [5, 5.41) is 9.06. The van der Waals surface area contributed by atoms with E-state index in [4.69, 9.17) is 24.1 Å². The van der Waals surface area contributed by atoms with E-state index >= 15 is 0 Å². The summed E-state index contributed by atoms with van der Waals surface area (Å²) in [4.78, 5) is 11.0. The first-order chi connectivity index (χ1) is 7.76. The topological polar surface area (TPSA) is 74.2 Å². The van der Waals surface area contributed by atoms with E-state index in [-0.39, 0.29) is 6.61 Å². The van der Waals surface area contributed by atoms with Crippen molar-refractivity contribution in [2.24, 2.45) is 0 Å². The molecule has 1 N–H and O–H groups in total. The van der Waals surface area contributed by atoms with Gasteiger partial charge in [-0.15, -0.1) is 0 Å². The third kappa shape index (κ3) is 2.14. The summed E-state index contributed by atoms with van der Waals surface area (Å²) in [7, 11) is 0. The van der Waals surface area contributed by atoms with Crippen molar-refractivity contribution in [3.8, 4) is 0 Å². The zero-order chi connectivity index (χ0) is 11.5. The van der Waals surface area contributed by atoms with Crippen LogP contribution in [0, 0.1) is 0 Å². The molecule has 0 aliphatic carbocycles. The molecular weight excluding hydrogens is 216 g/mol. The highest BCUT2D eigenvalue weighted by Crippen LogP contribution is 2.32. The summed E-state index contributed by atoms with van der Waals surface area (Å²) < 4.78 is 20.7. The minimum Gasteiger partial charge on any atom is -0.424 e. The zero-order valence-corrected chi connectivity index (χ0v) is 9.13. The van der Waals surface area contributed by atoms with Crippen LogP contribution in [-0.4, -0.2) is 49.1 Å². The summed E-state index contributed by atoms with van der Waals surface area (Å²) in [5.74, 6) is 0. The molecule has 92 valence electrons. The van der Waals surface area contributed by atoms with Crippen molar-refractivity contribution >= 4 is 6.16 Å². The van der Waals surface area contributed by atoms with Crippen molar-refractivity contribution in [3.05, 3.63) is 0 Å². The minimum absolute atomic E-state index is 0.217. The normalized spacial score (nSPS) is 37.0. The van der Waals surface area contributed by atoms with Gasteiger partial charge < -0.3 is 24.1 Å². The molecule has 6 nitrogen and oxygen atoms in total. The number of carbonyl (C=O) groups is 1. The molecule has 16 heavy (non-hydrogen) atoms. The van der Waals surface area contributed by atoms with Gasteiger partial charge in [0, 0.05) is 6.61 Å². The van der Waals surface area contributed by atoms with Gasteiger partial charge in [-0.3, -0.25) is 0 Å². The maximum absolute atomic E-state index is 11.0. The van der Waals surface area contributed by atoms with Gasteiger partial charge in [0.25, 0.3) is 0 Å². The first-order valence-electron chi connectivity index (χ1n) is 5.51. The number of rotatable bonds is 5. The third-order valence-corrected chi connectivity index (χ3v) is 2.69. The molecule has 4 atom stereocenters. The van der Waals surface area contributed by atoms with Crippen LogP contribution in [0.4, 0.5) is 4.79 Å². The number of fused-ring (bicyclic) bond motifs is 1. The fraction of sp³-hybridized carbons (Fsp3) is 0.900. The molecule has 0 radical (unpaired) electrons. The fourth-order valence-electron chi connectivity index (χ4n) is 1.83. The molecule has 6 heteroatoms. The van der Waals surface area contributed by atoms with Crippen LogP contribution in [-0.2, 0) is 18.9 Å². The van der Waals surface area contributed by atoms with E-state index in [1.807, 2.05) is 0 Å². The predicted molar refractivity (Wildman–Crippen MR) is 51.7 cm³/mol. The van der Waals surface area contributed by atoms with E-state index in [2.05, 4.69) is 6.92 Å². The Labute approximate surface area is 93.4 Å². The Balaban J connectivity index is 1.91. The highest BCUT2D eigenvalue weighted by atomic mass is 16.8. The molecule has 0 saturated carbocycles. The van der Waals surface area contributed by atoms with Gasteiger partial charge in [0.2, 0.25) is 0 Å². The Morgan fingerprint density at radius 3 is 2.81 bits per heavy atom. The molecule has 2 heterocycles. The van der Waals surface area contributed by atoms with Gasteiger partial charge in [-0.25, -0.2) is 4.79 Å². The van der Waals surface area contributed by atoms with Crippen molar-refractivity contribution in [1.29, 1.82) is 0 Å². The molecule has 0 aromatic rings. The number of hydrogen-bond acceptors (Lipinski definition) is 6. The van der Waals surface area contributed by atoms with Crippen molar-refractivity contribution < 1.29 is 28.8 Å². The molecule has 0 aromatic carbocycles. The molecule has 0 aromatic heterocycles. The molecular formula is C10H16O6. The molecule has 2 saturated heterocycles. The van der Waals surface area contributed by atoms with E-state index in [0.29, 0.717) is 6.61 Å². The Hall–Kier alpha value is -0.850. The number of carbonyl (C=O) groups excluding carboxylic acids is 1. The van der Waals surface area contributed by atoms with Crippen LogP contribution in [0.1, 0.15) is 19.8 Å². The van der Waals surface area contributed by atoms with E-state index in [1.54, 1.807) is 0 Å². The maximum Gasteiger partial charge on any atom is 0.509 e. The van der Waals surface area contributed by atoms with E-state index in [1.165, 1.54) is 0 Å². The van der Waals surface area contributed by atoms with Gasteiger partial charge in [-0.1, -0.05) is 13.3 Å². The maximum atomic E-state index is 11.0. The molecule has 1 unspecified atom stereocenters. The Morgan fingerprint density at radius 1 is 1.38 bits per heavy atom. The number of ether oxygens (including phenoxy) is 4. The second kappa shape index (κ2) is 4.99. The number of aliphatic hydroxyl groups is 1. The largest absolute Gasteiger partial charge is 0.509 e. The number of hydrogen-bond donors (Lipinski definition) is 1. The lowest BCUT2D eigenvalue weighted by molar-refractivity contribution is -0.172. The van der Waals surface area contributed by atoms with Crippen LogP contribution in [0.15, 0.2) is 0 Å². The number of aliphatic hydroxyl groups excluding tert-OH is 1. The number of unbranched alkanes of at least 4 members (excludes halogenated alkanes) is 1. The monoisotopic (exact) mass is 232 g/mol. The summed E-state index contributed by atoms with van der Waals surface area (Å²) in [6.07, 6.45) is -1.08. The van der Waals surface area contributed by atoms with Crippen LogP contribution < -0.4 is 0 Å². The van der Waals surface area contributed by atoms with Crippen molar-refractivity contribution in [3.63, 3.8) is 0 Å². The second-order valence-electron chi connectivity index (χ2n) is 3.86. The van der Waals surface area contributed by atoms with Crippen LogP contribution in [0.25, 0.3) is 0 Å². The van der Waals surface area contributed by atoms with Gasteiger partial charge in [0.1, 0.15) is 6.10 Å². The van der Waals surface area contributed by atoms with Gasteiger partial charge in [-0.05, 0) is 6.42 Å². The quantitative estimate of drug-likeness (QED) is 0.547. The third-order valence-electron chi connectivity index (χ3n) is 2.69. The van der Waals surface area contributed by atoms with Gasteiger partial charge >= 0.3 is 6.16 Å². The average molecular weight is 232 g/mol. The van der Waals surface area contributed by atoms with Crippen LogP contribution >= 0.6 is 0 Å². The predicted octanol–water partition coefficient (Wildman–Crippen LogP) is 0.424. The lowest BCUT2D eigenvalue weighted by Crippen LogP contribution is -2.32. The van der Waals surface area contributed by atoms with Crippen LogP contribution in [0.3, 0.4) is 0 Å².